The minimum Gasteiger partial charge on any atom is -0.261 e. The molecule has 1 N–H and O–H groups in total. The Morgan fingerprint density at radius 3 is 2.85 bits per heavy atom. The van der Waals surface area contributed by atoms with Crippen molar-refractivity contribution in [3.05, 3.63) is 71.4 Å². The number of aryl methyl sites for hydroxylation is 1. The van der Waals surface area contributed by atoms with E-state index in [1.54, 1.807) is 29.4 Å². The highest BCUT2D eigenvalue weighted by Gasteiger charge is 2.10. The zero-order valence-corrected chi connectivity index (χ0v) is 14.6. The smallest absolute Gasteiger partial charge is 0.168 e. The number of pyridine rings is 1. The molecule has 0 aliphatic rings. The van der Waals surface area contributed by atoms with Gasteiger partial charge in [-0.1, -0.05) is 23.7 Å². The van der Waals surface area contributed by atoms with Gasteiger partial charge in [0, 0.05) is 11.8 Å². The molecule has 0 amide bonds. The number of hydrogen-bond donors (Lipinski definition) is 1. The summed E-state index contributed by atoms with van der Waals surface area (Å²) in [6, 6.07) is 11.6. The molecule has 3 aromatic heterocycles. The van der Waals surface area contributed by atoms with Gasteiger partial charge in [0.2, 0.25) is 0 Å². The topological polar surface area (TPSA) is 80.9 Å². The molecule has 8 heteroatoms. The normalized spacial score (nSPS) is 11.3. The number of nitrogens with one attached hydrogen (secondary N) is 1. The van der Waals surface area contributed by atoms with Crippen molar-refractivity contribution >= 4 is 34.7 Å². The van der Waals surface area contributed by atoms with Crippen molar-refractivity contribution in [3.8, 4) is 5.69 Å². The first kappa shape index (κ1) is 16.2. The van der Waals surface area contributed by atoms with E-state index in [9.17, 15) is 0 Å². The molecule has 0 atom stereocenters. The van der Waals surface area contributed by atoms with Gasteiger partial charge in [-0.25, -0.2) is 19.6 Å². The van der Waals surface area contributed by atoms with Crippen LogP contribution < -0.4 is 5.43 Å². The highest BCUT2D eigenvalue weighted by Crippen LogP contribution is 2.22. The lowest BCUT2D eigenvalue weighted by Gasteiger charge is -2.04. The number of halogens is 1. The average Bonchev–Trinajstić information content (AvgIpc) is 3.08. The van der Waals surface area contributed by atoms with Crippen molar-refractivity contribution in [2.45, 2.75) is 6.92 Å². The second-order valence-electron chi connectivity index (χ2n) is 5.64. The molecule has 4 rings (SSSR count). The van der Waals surface area contributed by atoms with E-state index in [0.29, 0.717) is 16.6 Å². The molecule has 0 aliphatic carbocycles. The summed E-state index contributed by atoms with van der Waals surface area (Å²) in [5.41, 5.74) is 6.56. The maximum Gasteiger partial charge on any atom is 0.168 e. The lowest BCUT2D eigenvalue weighted by atomic mass is 10.2. The van der Waals surface area contributed by atoms with Gasteiger partial charge in [0.1, 0.15) is 11.5 Å². The highest BCUT2D eigenvalue weighted by molar-refractivity contribution is 6.29. The fraction of sp³-hybridized carbons (Fsp3) is 0.0556. The van der Waals surface area contributed by atoms with E-state index in [-0.39, 0.29) is 0 Å². The summed E-state index contributed by atoms with van der Waals surface area (Å²) in [6.45, 7) is 2.04. The summed E-state index contributed by atoms with van der Waals surface area (Å²) in [5, 5.41) is 9.86. The van der Waals surface area contributed by atoms with Crippen LogP contribution in [-0.2, 0) is 0 Å². The maximum absolute atomic E-state index is 5.77. The first-order valence-electron chi connectivity index (χ1n) is 7.87. The molecule has 128 valence electrons. The van der Waals surface area contributed by atoms with E-state index in [1.807, 2.05) is 37.3 Å². The van der Waals surface area contributed by atoms with Crippen molar-refractivity contribution in [3.63, 3.8) is 0 Å². The summed E-state index contributed by atoms with van der Waals surface area (Å²) in [6.07, 6.45) is 6.48. The van der Waals surface area contributed by atoms with Gasteiger partial charge in [0.25, 0.3) is 0 Å². The number of benzene rings is 1. The zero-order valence-electron chi connectivity index (χ0n) is 13.8. The molecule has 0 aliphatic heterocycles. The molecule has 0 saturated carbocycles. The number of hydrogen-bond acceptors (Lipinski definition) is 6. The number of rotatable bonds is 4. The minimum absolute atomic E-state index is 0.441. The summed E-state index contributed by atoms with van der Waals surface area (Å²) in [5.74, 6) is 0.576. The first-order chi connectivity index (χ1) is 12.7. The Hall–Kier alpha value is -3.32. The molecule has 3 heterocycles. The van der Waals surface area contributed by atoms with Crippen molar-refractivity contribution < 1.29 is 0 Å². The fourth-order valence-corrected chi connectivity index (χ4v) is 2.63. The number of hydrazone groups is 1. The lowest BCUT2D eigenvalue weighted by molar-refractivity contribution is 0.893. The Morgan fingerprint density at radius 2 is 2.04 bits per heavy atom. The summed E-state index contributed by atoms with van der Waals surface area (Å²) < 4.78 is 1.78. The quantitative estimate of drug-likeness (QED) is 0.340. The van der Waals surface area contributed by atoms with Crippen LogP contribution in [0.15, 0.2) is 60.2 Å². The van der Waals surface area contributed by atoms with E-state index >= 15 is 0 Å². The standard InChI is InChI=1S/C18H14ClN7/c1-12-3-2-4-14(7-12)26-18-15(10-24-26)17(21-11-22-18)25-23-9-13-5-6-16(19)20-8-13/h2-11H,1H3,(H,21,22,25). The van der Waals surface area contributed by atoms with E-state index in [4.69, 9.17) is 11.6 Å². The molecular formula is C18H14ClN7. The lowest BCUT2D eigenvalue weighted by Crippen LogP contribution is -1.99. The van der Waals surface area contributed by atoms with E-state index in [1.165, 1.54) is 6.33 Å². The fourth-order valence-electron chi connectivity index (χ4n) is 2.51. The summed E-state index contributed by atoms with van der Waals surface area (Å²) >= 11 is 5.77. The molecule has 1 aromatic carbocycles. The van der Waals surface area contributed by atoms with Crippen LogP contribution in [-0.4, -0.2) is 30.9 Å². The van der Waals surface area contributed by atoms with Crippen LogP contribution in [0.5, 0.6) is 0 Å². The highest BCUT2D eigenvalue weighted by atomic mass is 35.5. The monoisotopic (exact) mass is 363 g/mol. The van der Waals surface area contributed by atoms with Gasteiger partial charge >= 0.3 is 0 Å². The SMILES string of the molecule is Cc1cccc(-n2ncc3c(NN=Cc4ccc(Cl)nc4)ncnc32)c1. The predicted molar refractivity (Wildman–Crippen MR) is 102 cm³/mol. The van der Waals surface area contributed by atoms with Gasteiger partial charge in [0.05, 0.1) is 23.5 Å². The predicted octanol–water partition coefficient (Wildman–Crippen LogP) is 3.62. The van der Waals surface area contributed by atoms with E-state index < -0.39 is 0 Å². The Bertz CT molecular complexity index is 1090. The number of nitrogens with zero attached hydrogens (tertiary/aromatic N) is 6. The van der Waals surface area contributed by atoms with Crippen molar-refractivity contribution in [1.29, 1.82) is 0 Å². The summed E-state index contributed by atoms with van der Waals surface area (Å²) in [7, 11) is 0. The van der Waals surface area contributed by atoms with Crippen LogP contribution in [0.2, 0.25) is 5.15 Å². The van der Waals surface area contributed by atoms with Gasteiger partial charge < -0.3 is 0 Å². The molecule has 0 fully saturated rings. The molecule has 0 radical (unpaired) electrons. The molecule has 26 heavy (non-hydrogen) atoms. The van der Waals surface area contributed by atoms with Gasteiger partial charge in [-0.3, -0.25) is 5.43 Å². The molecule has 7 nitrogen and oxygen atoms in total. The average molecular weight is 364 g/mol. The molecule has 0 unspecified atom stereocenters. The molecule has 0 bridgehead atoms. The van der Waals surface area contributed by atoms with Gasteiger partial charge in [-0.15, -0.1) is 0 Å². The second kappa shape index (κ2) is 6.89. The van der Waals surface area contributed by atoms with Crippen LogP contribution in [0.3, 0.4) is 0 Å². The van der Waals surface area contributed by atoms with Gasteiger partial charge in [0.15, 0.2) is 11.5 Å². The van der Waals surface area contributed by atoms with Crippen LogP contribution in [0.4, 0.5) is 5.82 Å². The van der Waals surface area contributed by atoms with E-state index in [2.05, 4.69) is 30.6 Å². The third kappa shape index (κ3) is 3.25. The Labute approximate surface area is 154 Å². The van der Waals surface area contributed by atoms with E-state index in [0.717, 1.165) is 22.2 Å². The van der Waals surface area contributed by atoms with Gasteiger partial charge in [-0.05, 0) is 36.8 Å². The van der Waals surface area contributed by atoms with Crippen LogP contribution in [0, 0.1) is 6.92 Å². The molecule has 0 spiro atoms. The summed E-state index contributed by atoms with van der Waals surface area (Å²) in [4.78, 5) is 12.6. The molecular weight excluding hydrogens is 350 g/mol. The Balaban J connectivity index is 1.63. The third-order valence-electron chi connectivity index (χ3n) is 3.75. The minimum atomic E-state index is 0.441. The second-order valence-corrected chi connectivity index (χ2v) is 6.03. The molecule has 4 aromatic rings. The molecule has 0 saturated heterocycles. The van der Waals surface area contributed by atoms with Crippen LogP contribution in [0.1, 0.15) is 11.1 Å². The van der Waals surface area contributed by atoms with Crippen molar-refractivity contribution in [1.82, 2.24) is 24.7 Å². The first-order valence-corrected chi connectivity index (χ1v) is 8.25. The largest absolute Gasteiger partial charge is 0.261 e. The van der Waals surface area contributed by atoms with Gasteiger partial charge in [-0.2, -0.15) is 10.2 Å². The number of aromatic nitrogens is 5. The van der Waals surface area contributed by atoms with Crippen molar-refractivity contribution in [2.24, 2.45) is 5.10 Å². The Kier molecular flexibility index (Phi) is 4.28. The van der Waals surface area contributed by atoms with Crippen molar-refractivity contribution in [2.75, 3.05) is 5.43 Å². The number of anilines is 1. The zero-order chi connectivity index (χ0) is 17.9. The van der Waals surface area contributed by atoms with Crippen LogP contribution in [0.25, 0.3) is 16.7 Å². The number of fused-ring (bicyclic) bond motifs is 1. The Morgan fingerprint density at radius 1 is 1.12 bits per heavy atom. The third-order valence-corrected chi connectivity index (χ3v) is 3.97. The maximum atomic E-state index is 5.77. The van der Waals surface area contributed by atoms with Crippen LogP contribution >= 0.6 is 11.6 Å².